The van der Waals surface area contributed by atoms with Crippen molar-refractivity contribution in [3.8, 4) is 0 Å². The molecule has 0 aliphatic carbocycles. The fraction of sp³-hybridized carbons (Fsp3) is 0.167. The predicted molar refractivity (Wildman–Crippen MR) is 69.5 cm³/mol. The first kappa shape index (κ1) is 11.1. The van der Waals surface area contributed by atoms with E-state index in [0.717, 1.165) is 11.2 Å². The molecule has 0 aliphatic heterocycles. The van der Waals surface area contributed by atoms with Gasteiger partial charge in [0, 0.05) is 18.0 Å². The maximum Gasteiger partial charge on any atom is 0.217 e. The van der Waals surface area contributed by atoms with Crippen LogP contribution in [0.25, 0.3) is 11.1 Å². The summed E-state index contributed by atoms with van der Waals surface area (Å²) in [7, 11) is 0. The van der Waals surface area contributed by atoms with Gasteiger partial charge < -0.3 is 10.2 Å². The van der Waals surface area contributed by atoms with Gasteiger partial charge in [0.05, 0.1) is 10.7 Å². The minimum absolute atomic E-state index is 0.447. The van der Waals surface area contributed by atoms with Gasteiger partial charge in [-0.05, 0) is 19.1 Å². The second-order valence-corrected chi connectivity index (χ2v) is 4.50. The summed E-state index contributed by atoms with van der Waals surface area (Å²) in [6.45, 7) is 2.30. The molecule has 2 heterocycles. The Labute approximate surface area is 108 Å². The topological polar surface area (TPSA) is 69.9 Å². The van der Waals surface area contributed by atoms with E-state index < -0.39 is 0 Å². The van der Waals surface area contributed by atoms with Crippen LogP contribution >= 0.6 is 11.6 Å². The van der Waals surface area contributed by atoms with E-state index in [0.29, 0.717) is 28.7 Å². The van der Waals surface area contributed by atoms with Gasteiger partial charge in [-0.3, -0.25) is 4.68 Å². The van der Waals surface area contributed by atoms with Gasteiger partial charge in [-0.1, -0.05) is 11.6 Å². The van der Waals surface area contributed by atoms with Crippen LogP contribution in [-0.2, 0) is 6.54 Å². The molecule has 0 radical (unpaired) electrons. The first-order chi connectivity index (χ1) is 8.61. The van der Waals surface area contributed by atoms with Crippen molar-refractivity contribution in [1.82, 2.24) is 14.8 Å². The summed E-state index contributed by atoms with van der Waals surface area (Å²) in [5.41, 5.74) is 8.60. The van der Waals surface area contributed by atoms with Crippen molar-refractivity contribution in [2.45, 2.75) is 13.5 Å². The average Bonchev–Trinajstić information content (AvgIpc) is 2.82. The van der Waals surface area contributed by atoms with Gasteiger partial charge in [0.1, 0.15) is 12.1 Å². The molecule has 5 nitrogen and oxygen atoms in total. The van der Waals surface area contributed by atoms with E-state index in [1.165, 1.54) is 0 Å². The van der Waals surface area contributed by atoms with Crippen LogP contribution in [0.2, 0.25) is 5.02 Å². The van der Waals surface area contributed by atoms with Gasteiger partial charge in [0.2, 0.25) is 5.89 Å². The summed E-state index contributed by atoms with van der Waals surface area (Å²) in [4.78, 5) is 4.36. The van der Waals surface area contributed by atoms with Crippen LogP contribution in [0.5, 0.6) is 0 Å². The SMILES string of the molecule is Cc1nn(Cc2nc3ccc(N)cc3o2)cc1Cl. The highest BCUT2D eigenvalue weighted by atomic mass is 35.5. The number of anilines is 1. The largest absolute Gasteiger partial charge is 0.439 e. The quantitative estimate of drug-likeness (QED) is 0.721. The maximum atomic E-state index is 5.94. The predicted octanol–water partition coefficient (Wildman–Crippen LogP) is 2.62. The van der Waals surface area contributed by atoms with Crippen molar-refractivity contribution >= 4 is 28.4 Å². The van der Waals surface area contributed by atoms with Crippen LogP contribution in [0.15, 0.2) is 28.8 Å². The Bertz CT molecular complexity index is 697. The molecule has 0 saturated carbocycles. The number of halogens is 1. The number of hydrogen-bond acceptors (Lipinski definition) is 4. The molecule has 6 heteroatoms. The Morgan fingerprint density at radius 2 is 2.28 bits per heavy atom. The van der Waals surface area contributed by atoms with E-state index >= 15 is 0 Å². The van der Waals surface area contributed by atoms with Gasteiger partial charge >= 0.3 is 0 Å². The number of rotatable bonds is 2. The van der Waals surface area contributed by atoms with E-state index in [-0.39, 0.29) is 0 Å². The third kappa shape index (κ3) is 1.93. The molecule has 1 aromatic carbocycles. The van der Waals surface area contributed by atoms with E-state index in [9.17, 15) is 0 Å². The minimum atomic E-state index is 0.447. The van der Waals surface area contributed by atoms with Crippen molar-refractivity contribution in [3.63, 3.8) is 0 Å². The van der Waals surface area contributed by atoms with Crippen LogP contribution in [0.1, 0.15) is 11.6 Å². The molecule has 18 heavy (non-hydrogen) atoms. The number of benzene rings is 1. The molecule has 92 valence electrons. The van der Waals surface area contributed by atoms with Crippen LogP contribution in [0.3, 0.4) is 0 Å². The fourth-order valence-electron chi connectivity index (χ4n) is 1.77. The Balaban J connectivity index is 1.95. The molecular weight excluding hydrogens is 252 g/mol. The van der Waals surface area contributed by atoms with Gasteiger partial charge in [-0.25, -0.2) is 4.98 Å². The summed E-state index contributed by atoms with van der Waals surface area (Å²) < 4.78 is 7.31. The van der Waals surface area contributed by atoms with Crippen molar-refractivity contribution in [2.24, 2.45) is 0 Å². The minimum Gasteiger partial charge on any atom is -0.439 e. The molecule has 0 fully saturated rings. The molecule has 2 aromatic heterocycles. The number of fused-ring (bicyclic) bond motifs is 1. The zero-order valence-electron chi connectivity index (χ0n) is 9.72. The summed E-state index contributed by atoms with van der Waals surface area (Å²) in [6.07, 6.45) is 1.75. The number of nitrogen functional groups attached to an aromatic ring is 1. The number of oxazole rings is 1. The van der Waals surface area contributed by atoms with E-state index in [1.807, 2.05) is 13.0 Å². The van der Waals surface area contributed by atoms with E-state index in [2.05, 4.69) is 10.1 Å². The lowest BCUT2D eigenvalue weighted by Crippen LogP contribution is -2.00. The van der Waals surface area contributed by atoms with Gasteiger partial charge in [0.25, 0.3) is 0 Å². The van der Waals surface area contributed by atoms with Crippen LogP contribution in [-0.4, -0.2) is 14.8 Å². The third-order valence-electron chi connectivity index (χ3n) is 2.64. The molecule has 0 saturated heterocycles. The Kier molecular flexibility index (Phi) is 2.48. The smallest absolute Gasteiger partial charge is 0.217 e. The first-order valence-electron chi connectivity index (χ1n) is 5.46. The summed E-state index contributed by atoms with van der Waals surface area (Å²) in [5.74, 6) is 0.578. The lowest BCUT2D eigenvalue weighted by atomic mass is 10.3. The molecular formula is C12H11ClN4O. The van der Waals surface area contributed by atoms with Crippen LogP contribution < -0.4 is 5.73 Å². The van der Waals surface area contributed by atoms with Gasteiger partial charge in [-0.15, -0.1) is 0 Å². The third-order valence-corrected chi connectivity index (χ3v) is 3.01. The highest BCUT2D eigenvalue weighted by Gasteiger charge is 2.08. The zero-order chi connectivity index (χ0) is 12.7. The van der Waals surface area contributed by atoms with E-state index in [1.54, 1.807) is 23.0 Å². The van der Waals surface area contributed by atoms with Crippen molar-refractivity contribution in [2.75, 3.05) is 5.73 Å². The first-order valence-corrected chi connectivity index (χ1v) is 5.84. The monoisotopic (exact) mass is 262 g/mol. The molecule has 0 bridgehead atoms. The van der Waals surface area contributed by atoms with Crippen LogP contribution in [0.4, 0.5) is 5.69 Å². The number of nitrogens with two attached hydrogens (primary N) is 1. The molecule has 0 aliphatic rings. The number of nitrogens with zero attached hydrogens (tertiary/aromatic N) is 3. The summed E-state index contributed by atoms with van der Waals surface area (Å²) in [6, 6.07) is 5.38. The molecule has 3 aromatic rings. The maximum absolute atomic E-state index is 5.94. The lowest BCUT2D eigenvalue weighted by molar-refractivity contribution is 0.491. The standard InChI is InChI=1S/C12H11ClN4O/c1-7-9(13)5-17(16-7)6-12-15-10-3-2-8(14)4-11(10)18-12/h2-5H,6,14H2,1H3. The fourth-order valence-corrected chi connectivity index (χ4v) is 1.92. The number of aromatic nitrogens is 3. The second kappa shape index (κ2) is 4.03. The highest BCUT2D eigenvalue weighted by Crippen LogP contribution is 2.19. The number of aryl methyl sites for hydroxylation is 1. The molecule has 2 N–H and O–H groups in total. The Morgan fingerprint density at radius 3 is 3.00 bits per heavy atom. The van der Waals surface area contributed by atoms with Gasteiger partial charge in [0.15, 0.2) is 5.58 Å². The summed E-state index contributed by atoms with van der Waals surface area (Å²) >= 11 is 5.94. The molecule has 0 atom stereocenters. The van der Waals surface area contributed by atoms with Crippen LogP contribution in [0, 0.1) is 6.92 Å². The zero-order valence-corrected chi connectivity index (χ0v) is 10.5. The molecule has 0 amide bonds. The Morgan fingerprint density at radius 1 is 1.44 bits per heavy atom. The lowest BCUT2D eigenvalue weighted by Gasteiger charge is -1.94. The second-order valence-electron chi connectivity index (χ2n) is 4.09. The van der Waals surface area contributed by atoms with E-state index in [4.69, 9.17) is 21.8 Å². The summed E-state index contributed by atoms with van der Waals surface area (Å²) in [5, 5.41) is 4.89. The van der Waals surface area contributed by atoms with Crippen molar-refractivity contribution in [1.29, 1.82) is 0 Å². The van der Waals surface area contributed by atoms with Gasteiger partial charge in [-0.2, -0.15) is 5.10 Å². The average molecular weight is 263 g/mol. The molecule has 0 unspecified atom stereocenters. The number of hydrogen-bond donors (Lipinski definition) is 1. The highest BCUT2D eigenvalue weighted by molar-refractivity contribution is 6.31. The van der Waals surface area contributed by atoms with Crippen molar-refractivity contribution in [3.05, 3.63) is 41.0 Å². The van der Waals surface area contributed by atoms with Crippen molar-refractivity contribution < 1.29 is 4.42 Å². The normalized spacial score (nSPS) is 11.2. The Hall–Kier alpha value is -2.01. The molecule has 3 rings (SSSR count). The molecule has 0 spiro atoms.